The van der Waals surface area contributed by atoms with Crippen LogP contribution < -0.4 is 5.73 Å². The molecule has 0 bridgehead atoms. The van der Waals surface area contributed by atoms with Crippen molar-refractivity contribution in [3.05, 3.63) is 20.8 Å². The van der Waals surface area contributed by atoms with Crippen molar-refractivity contribution in [2.24, 2.45) is 10.9 Å². The summed E-state index contributed by atoms with van der Waals surface area (Å²) in [6.07, 6.45) is 0. The van der Waals surface area contributed by atoms with E-state index in [1.54, 1.807) is 11.3 Å². The minimum absolute atomic E-state index is 0.283. The molecule has 0 unspecified atom stereocenters. The second-order valence-corrected chi connectivity index (χ2v) is 6.29. The maximum absolute atomic E-state index is 8.54. The van der Waals surface area contributed by atoms with Gasteiger partial charge < -0.3 is 10.9 Å². The quantitative estimate of drug-likeness (QED) is 0.378. The van der Waals surface area contributed by atoms with Crippen molar-refractivity contribution in [3.8, 4) is 0 Å². The van der Waals surface area contributed by atoms with Gasteiger partial charge in [0.05, 0.1) is 6.54 Å². The van der Waals surface area contributed by atoms with E-state index >= 15 is 0 Å². The van der Waals surface area contributed by atoms with Crippen LogP contribution in [0.5, 0.6) is 0 Å². The molecule has 0 aromatic carbocycles. The molecule has 1 aliphatic rings. The molecular weight excluding hydrogens is 316 g/mol. The number of hydrogen-bond donors (Lipinski definition) is 2. The first-order chi connectivity index (χ1) is 8.67. The van der Waals surface area contributed by atoms with E-state index in [-0.39, 0.29) is 5.84 Å². The van der Waals surface area contributed by atoms with E-state index in [1.165, 1.54) is 4.88 Å². The summed E-state index contributed by atoms with van der Waals surface area (Å²) in [4.78, 5) is 6.02. The summed E-state index contributed by atoms with van der Waals surface area (Å²) in [7, 11) is 0. The molecule has 0 spiro atoms. The van der Waals surface area contributed by atoms with Crippen LogP contribution >= 0.6 is 27.3 Å². The number of hydrogen-bond acceptors (Lipinski definition) is 5. The summed E-state index contributed by atoms with van der Waals surface area (Å²) in [6, 6.07) is 2.17. The van der Waals surface area contributed by atoms with E-state index in [4.69, 9.17) is 10.9 Å². The minimum atomic E-state index is 0.283. The van der Waals surface area contributed by atoms with Crippen molar-refractivity contribution in [2.45, 2.75) is 6.54 Å². The van der Waals surface area contributed by atoms with Gasteiger partial charge in [0.25, 0.3) is 0 Å². The molecule has 0 amide bonds. The van der Waals surface area contributed by atoms with Crippen LogP contribution in [0.2, 0.25) is 0 Å². The standard InChI is InChI=1S/C11H17BrN4OS/c12-9-5-10(18-8-9)6-15-1-3-16(4-2-15)7-11(13)14-17/h5,8,17H,1-4,6-7H2,(H2,13,14). The lowest BCUT2D eigenvalue weighted by Gasteiger charge is -2.34. The van der Waals surface area contributed by atoms with Crippen molar-refractivity contribution in [3.63, 3.8) is 0 Å². The van der Waals surface area contributed by atoms with E-state index in [2.05, 4.69) is 42.3 Å². The Kier molecular flexibility index (Phi) is 4.99. The molecule has 7 heteroatoms. The highest BCUT2D eigenvalue weighted by molar-refractivity contribution is 9.10. The van der Waals surface area contributed by atoms with Crippen LogP contribution in [0.1, 0.15) is 4.88 Å². The Balaban J connectivity index is 1.76. The zero-order chi connectivity index (χ0) is 13.0. The molecule has 3 N–H and O–H groups in total. The summed E-state index contributed by atoms with van der Waals surface area (Å²) < 4.78 is 1.16. The van der Waals surface area contributed by atoms with Crippen LogP contribution in [0, 0.1) is 0 Å². The number of halogens is 1. The van der Waals surface area contributed by atoms with Crippen LogP contribution in [0.4, 0.5) is 0 Å². The highest BCUT2D eigenvalue weighted by Crippen LogP contribution is 2.21. The summed E-state index contributed by atoms with van der Waals surface area (Å²) in [5.41, 5.74) is 5.51. The summed E-state index contributed by atoms with van der Waals surface area (Å²) in [5, 5.41) is 13.7. The fourth-order valence-electron chi connectivity index (χ4n) is 2.02. The highest BCUT2D eigenvalue weighted by Gasteiger charge is 2.18. The lowest BCUT2D eigenvalue weighted by atomic mass is 10.3. The zero-order valence-corrected chi connectivity index (χ0v) is 12.5. The molecule has 0 radical (unpaired) electrons. The second-order valence-electron chi connectivity index (χ2n) is 4.37. The van der Waals surface area contributed by atoms with Gasteiger partial charge in [0, 0.05) is 47.5 Å². The Morgan fingerprint density at radius 3 is 2.61 bits per heavy atom. The fraction of sp³-hybridized carbons (Fsp3) is 0.545. The molecule has 0 atom stereocenters. The van der Waals surface area contributed by atoms with E-state index < -0.39 is 0 Å². The van der Waals surface area contributed by atoms with Gasteiger partial charge in [0.2, 0.25) is 0 Å². The Morgan fingerprint density at radius 1 is 1.39 bits per heavy atom. The van der Waals surface area contributed by atoms with Gasteiger partial charge in [0.1, 0.15) is 0 Å². The summed E-state index contributed by atoms with van der Waals surface area (Å²) in [6.45, 7) is 5.52. The van der Waals surface area contributed by atoms with Crippen LogP contribution in [-0.4, -0.2) is 53.6 Å². The van der Waals surface area contributed by atoms with E-state index in [1.807, 2.05) is 0 Å². The van der Waals surface area contributed by atoms with Crippen molar-refractivity contribution in [1.29, 1.82) is 0 Å². The average molecular weight is 333 g/mol. The fourth-order valence-corrected chi connectivity index (χ4v) is 3.52. The number of nitrogens with zero attached hydrogens (tertiary/aromatic N) is 3. The third-order valence-corrected chi connectivity index (χ3v) is 4.66. The molecule has 1 fully saturated rings. The molecule has 18 heavy (non-hydrogen) atoms. The number of nitrogens with two attached hydrogens (primary N) is 1. The van der Waals surface area contributed by atoms with Gasteiger partial charge in [-0.15, -0.1) is 11.3 Å². The minimum Gasteiger partial charge on any atom is -0.409 e. The Bertz CT molecular complexity index is 415. The smallest absolute Gasteiger partial charge is 0.153 e. The van der Waals surface area contributed by atoms with Crippen molar-refractivity contribution < 1.29 is 5.21 Å². The molecule has 0 aliphatic carbocycles. The molecule has 1 saturated heterocycles. The largest absolute Gasteiger partial charge is 0.409 e. The Hall–Kier alpha value is -0.630. The second kappa shape index (κ2) is 6.51. The SMILES string of the molecule is NC(CN1CCN(Cc2cc(Br)cs2)CC1)=NO. The predicted molar refractivity (Wildman–Crippen MR) is 77.1 cm³/mol. The number of oxime groups is 1. The molecular formula is C11H17BrN4OS. The van der Waals surface area contributed by atoms with Gasteiger partial charge in [-0.1, -0.05) is 5.16 Å². The van der Waals surface area contributed by atoms with Crippen LogP contribution in [-0.2, 0) is 6.54 Å². The normalized spacial score (nSPS) is 19.3. The molecule has 1 aromatic rings. The monoisotopic (exact) mass is 332 g/mol. The van der Waals surface area contributed by atoms with Gasteiger partial charge in [-0.25, -0.2) is 0 Å². The predicted octanol–water partition coefficient (Wildman–Crippen LogP) is 1.37. The third kappa shape index (κ3) is 3.94. The maximum atomic E-state index is 8.54. The molecule has 2 heterocycles. The summed E-state index contributed by atoms with van der Waals surface area (Å²) in [5.74, 6) is 0.283. The van der Waals surface area contributed by atoms with Crippen LogP contribution in [0.3, 0.4) is 0 Å². The van der Waals surface area contributed by atoms with Gasteiger partial charge in [-0.3, -0.25) is 9.80 Å². The van der Waals surface area contributed by atoms with Gasteiger partial charge in [-0.2, -0.15) is 0 Å². The Labute approximate surface area is 119 Å². The van der Waals surface area contributed by atoms with E-state index in [0.717, 1.165) is 37.2 Å². The van der Waals surface area contributed by atoms with Crippen molar-refractivity contribution in [1.82, 2.24) is 9.80 Å². The number of piperazine rings is 1. The average Bonchev–Trinajstić information content (AvgIpc) is 2.77. The third-order valence-electron chi connectivity index (χ3n) is 2.98. The van der Waals surface area contributed by atoms with Crippen LogP contribution in [0.25, 0.3) is 0 Å². The molecule has 1 aromatic heterocycles. The number of thiophene rings is 1. The first-order valence-electron chi connectivity index (χ1n) is 5.81. The zero-order valence-electron chi connectivity index (χ0n) is 10.0. The van der Waals surface area contributed by atoms with Crippen LogP contribution in [0.15, 0.2) is 21.1 Å². The molecule has 1 aliphatic heterocycles. The van der Waals surface area contributed by atoms with Gasteiger partial charge in [-0.05, 0) is 22.0 Å². The lowest BCUT2D eigenvalue weighted by molar-refractivity contribution is 0.140. The first kappa shape index (κ1) is 13.8. The molecule has 2 rings (SSSR count). The topological polar surface area (TPSA) is 65.1 Å². The number of rotatable bonds is 4. The van der Waals surface area contributed by atoms with Crippen molar-refractivity contribution in [2.75, 3.05) is 32.7 Å². The molecule has 100 valence electrons. The van der Waals surface area contributed by atoms with E-state index in [9.17, 15) is 0 Å². The van der Waals surface area contributed by atoms with E-state index in [0.29, 0.717) is 6.54 Å². The Morgan fingerprint density at radius 2 is 2.06 bits per heavy atom. The summed E-state index contributed by atoms with van der Waals surface area (Å²) >= 11 is 5.26. The lowest BCUT2D eigenvalue weighted by Crippen LogP contribution is -2.48. The van der Waals surface area contributed by atoms with Gasteiger partial charge >= 0.3 is 0 Å². The van der Waals surface area contributed by atoms with Crippen molar-refractivity contribution >= 4 is 33.1 Å². The maximum Gasteiger partial charge on any atom is 0.153 e. The number of amidine groups is 1. The van der Waals surface area contributed by atoms with Gasteiger partial charge in [0.15, 0.2) is 5.84 Å². The first-order valence-corrected chi connectivity index (χ1v) is 7.48. The highest BCUT2D eigenvalue weighted by atomic mass is 79.9. The molecule has 0 saturated carbocycles. The molecule has 5 nitrogen and oxygen atoms in total.